The summed E-state index contributed by atoms with van der Waals surface area (Å²) in [6.07, 6.45) is -4.91. The number of carboxylic acids is 4. The van der Waals surface area contributed by atoms with Crippen molar-refractivity contribution >= 4 is 53.4 Å². The summed E-state index contributed by atoms with van der Waals surface area (Å²) in [5, 5.41) is 63.0. The molecule has 0 spiro atoms. The van der Waals surface area contributed by atoms with Crippen LogP contribution in [0.3, 0.4) is 0 Å². The van der Waals surface area contributed by atoms with Gasteiger partial charge in [0.2, 0.25) is 0 Å². The largest absolute Gasteiger partial charge is 0.844 e. The zero-order valence-electron chi connectivity index (χ0n) is 15.8. The summed E-state index contributed by atoms with van der Waals surface area (Å²) in [6.45, 7) is 0. The van der Waals surface area contributed by atoms with E-state index in [0.717, 1.165) is 14.2 Å². The molecule has 0 aliphatic carbocycles. The molecule has 172 valence electrons. The van der Waals surface area contributed by atoms with Gasteiger partial charge >= 0.3 is 11.9 Å². The Kier molecular flexibility index (Phi) is 17.5. The minimum atomic E-state index is -3.04. The average Bonchev–Trinajstić information content (AvgIpc) is 2.53. The number of rotatable bonds is 10. The predicted octanol–water partition coefficient (Wildman–Crippen LogP) is -9.14. The molecule has 0 aromatic heterocycles. The van der Waals surface area contributed by atoms with E-state index in [2.05, 4.69) is 9.47 Å². The summed E-state index contributed by atoms with van der Waals surface area (Å²) in [6, 6.07) is 0. The van der Waals surface area contributed by atoms with E-state index in [1.54, 1.807) is 0 Å². The number of carboxylic acid groups (broad SMARTS) is 4. The predicted molar refractivity (Wildman–Crippen MR) is 78.8 cm³/mol. The molecule has 0 aromatic carbocycles. The van der Waals surface area contributed by atoms with E-state index in [1.165, 1.54) is 0 Å². The van der Waals surface area contributed by atoms with Gasteiger partial charge in [-0.3, -0.25) is 9.59 Å². The average molecular weight is 496 g/mol. The number of methoxy groups -OCH3 is 2. The van der Waals surface area contributed by atoms with E-state index in [1.807, 2.05) is 0 Å². The second-order valence-corrected chi connectivity index (χ2v) is 5.17. The topological polar surface area (TPSA) is 294 Å². The monoisotopic (exact) mass is 497 g/mol. The van der Waals surface area contributed by atoms with Crippen LogP contribution in [-0.2, 0) is 38.2 Å². The first-order valence-corrected chi connectivity index (χ1v) is 7.00. The van der Waals surface area contributed by atoms with Crippen LogP contribution in [0.25, 0.3) is 0 Å². The minimum Gasteiger partial charge on any atom is -0.844 e. The molecule has 4 radical (unpaired) electrons. The van der Waals surface area contributed by atoms with Crippen molar-refractivity contribution in [2.24, 2.45) is 0 Å². The van der Waals surface area contributed by atoms with E-state index < -0.39 is 72.7 Å². The van der Waals surface area contributed by atoms with Gasteiger partial charge in [0.25, 0.3) is 0 Å². The van der Waals surface area contributed by atoms with Crippen molar-refractivity contribution < 1.29 is 68.9 Å². The number of aliphatic carboxylic acids is 4. The summed E-state index contributed by atoms with van der Waals surface area (Å²) < 4.78 is 8.07. The molecule has 0 aliphatic rings. The maximum Gasteiger partial charge on any atom is 0.305 e. The number of ether oxygens (including phenoxy) is 2. The fourth-order valence-corrected chi connectivity index (χ4v) is 1.49. The molecule has 0 amide bonds. The van der Waals surface area contributed by atoms with Crippen LogP contribution >= 0.6 is 0 Å². The molecule has 16 heteroatoms. The van der Waals surface area contributed by atoms with Crippen LogP contribution in [0.15, 0.2) is 0 Å². The number of esters is 2. The van der Waals surface area contributed by atoms with Gasteiger partial charge in [0.05, 0.1) is 14.2 Å². The molecular weight excluding hydrogens is 479 g/mol. The minimum absolute atomic E-state index is 0. The van der Waals surface area contributed by atoms with Crippen LogP contribution < -0.4 is 36.8 Å². The molecule has 0 heterocycles. The first-order valence-electron chi connectivity index (χ1n) is 7.00. The molecule has 2 unspecified atom stereocenters. The van der Waals surface area contributed by atoms with Crippen LogP contribution in [0.5, 0.6) is 0 Å². The van der Waals surface area contributed by atoms with Crippen molar-refractivity contribution in [3.05, 3.63) is 0 Å². The number of carbonyl (C=O) groups excluding carboxylic acids is 6. The SMILES string of the molecule is COC(=O)CC([O-])(CC(=O)[O-])C(=O)[O-].COC(=O)CC([O-])(CC(=O)[O-])C(=O)[O-].N.[Ge]. The fraction of sp³-hybridized carbons (Fsp3) is 0.571. The van der Waals surface area contributed by atoms with Crippen molar-refractivity contribution in [3.63, 3.8) is 0 Å². The number of hydrogen-bond donors (Lipinski definition) is 1. The molecule has 3 N–H and O–H groups in total. The van der Waals surface area contributed by atoms with Crippen molar-refractivity contribution in [2.45, 2.75) is 36.9 Å². The van der Waals surface area contributed by atoms with Crippen LogP contribution in [0, 0.1) is 0 Å². The molecule has 15 nitrogen and oxygen atoms in total. The van der Waals surface area contributed by atoms with Gasteiger partial charge in [0, 0.05) is 54.3 Å². The molecule has 2 atom stereocenters. The molecule has 0 saturated heterocycles. The third-order valence-corrected chi connectivity index (χ3v) is 2.92. The van der Waals surface area contributed by atoms with Gasteiger partial charge in [-0.15, -0.1) is 0 Å². The van der Waals surface area contributed by atoms with Crippen molar-refractivity contribution in [2.75, 3.05) is 14.2 Å². The van der Waals surface area contributed by atoms with Crippen molar-refractivity contribution in [3.8, 4) is 0 Å². The van der Waals surface area contributed by atoms with Crippen LogP contribution in [0.4, 0.5) is 0 Å². The number of hydrogen-bond acceptors (Lipinski definition) is 15. The van der Waals surface area contributed by atoms with Crippen LogP contribution in [0.1, 0.15) is 25.7 Å². The Labute approximate surface area is 180 Å². The summed E-state index contributed by atoms with van der Waals surface area (Å²) in [5.41, 5.74) is -6.07. The van der Waals surface area contributed by atoms with Gasteiger partial charge < -0.3 is 65.4 Å². The van der Waals surface area contributed by atoms with Crippen molar-refractivity contribution in [1.82, 2.24) is 6.15 Å². The van der Waals surface area contributed by atoms with E-state index in [0.29, 0.717) is 0 Å². The number of carbonyl (C=O) groups is 6. The normalized spacial score (nSPS) is 13.2. The molecule has 0 rings (SSSR count). The molecule has 30 heavy (non-hydrogen) atoms. The molecule has 0 aromatic rings. The molecule has 0 saturated carbocycles. The summed E-state index contributed by atoms with van der Waals surface area (Å²) in [5.74, 6) is -10.3. The second-order valence-electron chi connectivity index (χ2n) is 5.17. The van der Waals surface area contributed by atoms with Gasteiger partial charge in [0.1, 0.15) is 0 Å². The van der Waals surface area contributed by atoms with Gasteiger partial charge in [-0.25, -0.2) is 0 Å². The zero-order chi connectivity index (χ0) is 22.7. The van der Waals surface area contributed by atoms with Crippen LogP contribution in [0.2, 0.25) is 0 Å². The third kappa shape index (κ3) is 13.4. The van der Waals surface area contributed by atoms with Gasteiger partial charge in [-0.2, -0.15) is 0 Å². The Morgan fingerprint density at radius 3 is 1.00 bits per heavy atom. The van der Waals surface area contributed by atoms with E-state index in [4.69, 9.17) is 0 Å². The first-order chi connectivity index (χ1) is 12.6. The summed E-state index contributed by atoms with van der Waals surface area (Å²) in [7, 11) is 1.88. The fourth-order valence-electron chi connectivity index (χ4n) is 1.49. The Hall–Kier alpha value is -2.76. The maximum absolute atomic E-state index is 11.2. The smallest absolute Gasteiger partial charge is 0.305 e. The molecule has 0 fully saturated rings. The second kappa shape index (κ2) is 15.1. The summed E-state index contributed by atoms with van der Waals surface area (Å²) in [4.78, 5) is 61.8. The van der Waals surface area contributed by atoms with E-state index in [-0.39, 0.29) is 23.7 Å². The molecular formula is C14H17GeNO14-6. The van der Waals surface area contributed by atoms with E-state index in [9.17, 15) is 59.4 Å². The Morgan fingerprint density at radius 1 is 0.633 bits per heavy atom. The molecule has 0 bridgehead atoms. The quantitative estimate of drug-likeness (QED) is 0.217. The van der Waals surface area contributed by atoms with Crippen LogP contribution in [-0.4, -0.2) is 78.8 Å². The van der Waals surface area contributed by atoms with Gasteiger partial charge in [-0.05, 0) is 12.8 Å². The van der Waals surface area contributed by atoms with Gasteiger partial charge in [0.15, 0.2) is 0 Å². The zero-order valence-corrected chi connectivity index (χ0v) is 17.8. The molecule has 0 aliphatic heterocycles. The first kappa shape index (κ1) is 34.7. The Morgan fingerprint density at radius 2 is 0.867 bits per heavy atom. The van der Waals surface area contributed by atoms with Gasteiger partial charge in [-0.1, -0.05) is 11.2 Å². The van der Waals surface area contributed by atoms with E-state index >= 15 is 0 Å². The Bertz CT molecular complexity index is 584. The Balaban J connectivity index is -0.000000211. The third-order valence-electron chi connectivity index (χ3n) is 2.92. The van der Waals surface area contributed by atoms with Crippen molar-refractivity contribution in [1.29, 1.82) is 0 Å². The summed E-state index contributed by atoms with van der Waals surface area (Å²) >= 11 is 0. The standard InChI is InChI=1S/2C7H9O7.Ge.H3N/c2*1-14-5(10)3-7(13,6(11)12)2-4(8)9;;/h2*2-3H2,1H3,(H,8,9)(H,11,12);;1H3/q2*-1;;/p-4. The maximum atomic E-state index is 11.2.